The standard InChI is InChI=1S/C18H19N3O4/c1-12-9-15(25-20-12)17(23)21-8-4-7-18(11-21)10-19-16(22)13-5-2-3-6-14(13)24-18/h2-3,5-6,9H,4,7-8,10-11H2,1H3,(H,19,22)/t18-/m1/s1. The second-order valence-electron chi connectivity index (χ2n) is 6.63. The third-order valence-corrected chi connectivity index (χ3v) is 4.69. The predicted molar refractivity (Wildman–Crippen MR) is 88.5 cm³/mol. The molecule has 0 radical (unpaired) electrons. The van der Waals surface area contributed by atoms with E-state index in [1.54, 1.807) is 30.0 Å². The number of aromatic nitrogens is 1. The molecular formula is C18H19N3O4. The van der Waals surface area contributed by atoms with Crippen LogP contribution in [0.2, 0.25) is 0 Å². The molecule has 130 valence electrons. The van der Waals surface area contributed by atoms with Crippen LogP contribution in [0, 0.1) is 6.92 Å². The Bertz CT molecular complexity index is 831. The number of aryl methyl sites for hydroxylation is 1. The number of carbonyl (C=O) groups is 2. The van der Waals surface area contributed by atoms with Crippen LogP contribution in [0.4, 0.5) is 0 Å². The molecule has 2 aliphatic rings. The minimum Gasteiger partial charge on any atom is -0.483 e. The molecule has 2 aliphatic heterocycles. The van der Waals surface area contributed by atoms with Crippen LogP contribution >= 0.6 is 0 Å². The molecule has 1 saturated heterocycles. The summed E-state index contributed by atoms with van der Waals surface area (Å²) in [6.07, 6.45) is 1.55. The number of nitrogens with zero attached hydrogens (tertiary/aromatic N) is 2. The first-order valence-corrected chi connectivity index (χ1v) is 8.35. The second kappa shape index (κ2) is 5.91. The quantitative estimate of drug-likeness (QED) is 0.855. The fourth-order valence-corrected chi connectivity index (χ4v) is 3.47. The highest BCUT2D eigenvalue weighted by molar-refractivity contribution is 5.97. The van der Waals surface area contributed by atoms with Gasteiger partial charge in [-0.3, -0.25) is 9.59 Å². The zero-order valence-electron chi connectivity index (χ0n) is 13.9. The van der Waals surface area contributed by atoms with Crippen molar-refractivity contribution in [2.75, 3.05) is 19.6 Å². The molecule has 0 aliphatic carbocycles. The molecule has 0 saturated carbocycles. The molecule has 1 atom stereocenters. The summed E-state index contributed by atoms with van der Waals surface area (Å²) in [5.74, 6) is 0.434. The maximum Gasteiger partial charge on any atom is 0.292 e. The maximum atomic E-state index is 12.7. The van der Waals surface area contributed by atoms with Crippen molar-refractivity contribution in [3.05, 3.63) is 47.3 Å². The van der Waals surface area contributed by atoms with Gasteiger partial charge in [-0.05, 0) is 31.9 Å². The number of rotatable bonds is 1. The third kappa shape index (κ3) is 2.86. The van der Waals surface area contributed by atoms with Gasteiger partial charge in [0.1, 0.15) is 11.4 Å². The van der Waals surface area contributed by atoms with Gasteiger partial charge in [0.2, 0.25) is 5.76 Å². The molecule has 1 aromatic carbocycles. The third-order valence-electron chi connectivity index (χ3n) is 4.69. The molecule has 0 unspecified atom stereocenters. The van der Waals surface area contributed by atoms with E-state index in [1.807, 2.05) is 12.1 Å². The van der Waals surface area contributed by atoms with Gasteiger partial charge in [0, 0.05) is 12.6 Å². The molecule has 0 bridgehead atoms. The van der Waals surface area contributed by atoms with Crippen LogP contribution in [0.1, 0.15) is 39.4 Å². The molecule has 3 heterocycles. The monoisotopic (exact) mass is 341 g/mol. The van der Waals surface area contributed by atoms with E-state index < -0.39 is 5.60 Å². The highest BCUT2D eigenvalue weighted by Crippen LogP contribution is 2.32. The highest BCUT2D eigenvalue weighted by Gasteiger charge is 2.42. The summed E-state index contributed by atoms with van der Waals surface area (Å²) in [7, 11) is 0. The van der Waals surface area contributed by atoms with Crippen LogP contribution in [-0.2, 0) is 0 Å². The average molecular weight is 341 g/mol. The van der Waals surface area contributed by atoms with Crippen molar-refractivity contribution in [2.24, 2.45) is 0 Å². The van der Waals surface area contributed by atoms with Crippen molar-refractivity contribution in [1.82, 2.24) is 15.4 Å². The topological polar surface area (TPSA) is 84.7 Å². The van der Waals surface area contributed by atoms with Gasteiger partial charge >= 0.3 is 0 Å². The number of piperidine rings is 1. The number of amides is 2. The number of para-hydroxylation sites is 1. The Kier molecular flexibility index (Phi) is 3.71. The van der Waals surface area contributed by atoms with Crippen molar-refractivity contribution < 1.29 is 18.8 Å². The lowest BCUT2D eigenvalue weighted by Gasteiger charge is -2.41. The fourth-order valence-electron chi connectivity index (χ4n) is 3.47. The SMILES string of the molecule is Cc1cc(C(=O)N2CCC[C@@]3(CNC(=O)c4ccccc4O3)C2)on1. The minimum atomic E-state index is -0.634. The number of nitrogens with one attached hydrogen (secondary N) is 1. The molecule has 4 rings (SSSR count). The summed E-state index contributed by atoms with van der Waals surface area (Å²) in [4.78, 5) is 26.7. The van der Waals surface area contributed by atoms with Crippen LogP contribution in [0.3, 0.4) is 0 Å². The summed E-state index contributed by atoms with van der Waals surface area (Å²) >= 11 is 0. The molecular weight excluding hydrogens is 322 g/mol. The van der Waals surface area contributed by atoms with Crippen LogP contribution in [0.5, 0.6) is 5.75 Å². The van der Waals surface area contributed by atoms with Crippen molar-refractivity contribution in [1.29, 1.82) is 0 Å². The van der Waals surface area contributed by atoms with E-state index in [0.717, 1.165) is 12.8 Å². The Balaban J connectivity index is 1.60. The number of hydrogen-bond donors (Lipinski definition) is 1. The number of likely N-dealkylation sites (tertiary alicyclic amines) is 1. The Hall–Kier alpha value is -2.83. The zero-order chi connectivity index (χ0) is 17.4. The van der Waals surface area contributed by atoms with Crippen LogP contribution in [-0.4, -0.2) is 47.1 Å². The van der Waals surface area contributed by atoms with E-state index in [1.165, 1.54) is 0 Å². The minimum absolute atomic E-state index is 0.151. The van der Waals surface area contributed by atoms with Crippen LogP contribution < -0.4 is 10.1 Å². The summed E-state index contributed by atoms with van der Waals surface area (Å²) in [6.45, 7) is 3.15. The Morgan fingerprint density at radius 1 is 1.36 bits per heavy atom. The Labute approximate surface area is 144 Å². The van der Waals surface area contributed by atoms with E-state index in [0.29, 0.717) is 36.6 Å². The summed E-state index contributed by atoms with van der Waals surface area (Å²) in [5.41, 5.74) is 0.557. The van der Waals surface area contributed by atoms with Gasteiger partial charge in [0.05, 0.1) is 24.3 Å². The second-order valence-corrected chi connectivity index (χ2v) is 6.63. The van der Waals surface area contributed by atoms with Crippen LogP contribution in [0.15, 0.2) is 34.9 Å². The summed E-state index contributed by atoms with van der Waals surface area (Å²) in [5, 5.41) is 6.71. The highest BCUT2D eigenvalue weighted by atomic mass is 16.5. The summed E-state index contributed by atoms with van der Waals surface area (Å²) in [6, 6.07) is 8.82. The number of hydrogen-bond acceptors (Lipinski definition) is 5. The largest absolute Gasteiger partial charge is 0.483 e. The molecule has 1 N–H and O–H groups in total. The van der Waals surface area contributed by atoms with E-state index in [4.69, 9.17) is 9.26 Å². The first kappa shape index (κ1) is 15.7. The molecule has 2 amide bonds. The van der Waals surface area contributed by atoms with Gasteiger partial charge in [0.25, 0.3) is 11.8 Å². The Morgan fingerprint density at radius 3 is 3.00 bits per heavy atom. The van der Waals surface area contributed by atoms with Gasteiger partial charge in [-0.2, -0.15) is 0 Å². The molecule has 2 aromatic rings. The molecule has 7 nitrogen and oxygen atoms in total. The van der Waals surface area contributed by atoms with E-state index in [2.05, 4.69) is 10.5 Å². The number of carbonyl (C=O) groups excluding carboxylic acids is 2. The lowest BCUT2D eigenvalue weighted by molar-refractivity contribution is -0.00230. The summed E-state index contributed by atoms with van der Waals surface area (Å²) < 4.78 is 11.4. The van der Waals surface area contributed by atoms with E-state index in [9.17, 15) is 9.59 Å². The van der Waals surface area contributed by atoms with Crippen molar-refractivity contribution in [3.63, 3.8) is 0 Å². The number of benzene rings is 1. The number of ether oxygens (including phenoxy) is 1. The fraction of sp³-hybridized carbons (Fsp3) is 0.389. The van der Waals surface area contributed by atoms with E-state index >= 15 is 0 Å². The van der Waals surface area contributed by atoms with Gasteiger partial charge in [-0.15, -0.1) is 0 Å². The molecule has 7 heteroatoms. The van der Waals surface area contributed by atoms with E-state index in [-0.39, 0.29) is 17.6 Å². The van der Waals surface area contributed by atoms with Crippen molar-refractivity contribution in [3.8, 4) is 5.75 Å². The lowest BCUT2D eigenvalue weighted by Crippen LogP contribution is -2.57. The van der Waals surface area contributed by atoms with Gasteiger partial charge in [0.15, 0.2) is 0 Å². The van der Waals surface area contributed by atoms with Gasteiger partial charge in [-0.25, -0.2) is 0 Å². The van der Waals surface area contributed by atoms with Crippen molar-refractivity contribution in [2.45, 2.75) is 25.4 Å². The molecule has 25 heavy (non-hydrogen) atoms. The normalized spacial score (nSPS) is 22.8. The first-order valence-electron chi connectivity index (χ1n) is 8.35. The Morgan fingerprint density at radius 2 is 2.20 bits per heavy atom. The average Bonchev–Trinajstić information content (AvgIpc) is 3.01. The smallest absolute Gasteiger partial charge is 0.292 e. The molecule has 1 fully saturated rings. The molecule has 1 aromatic heterocycles. The van der Waals surface area contributed by atoms with Crippen molar-refractivity contribution >= 4 is 11.8 Å². The predicted octanol–water partition coefficient (Wildman–Crippen LogP) is 1.78. The lowest BCUT2D eigenvalue weighted by atomic mass is 9.92. The zero-order valence-corrected chi connectivity index (χ0v) is 13.9. The van der Waals surface area contributed by atoms with Gasteiger partial charge in [-0.1, -0.05) is 17.3 Å². The maximum absolute atomic E-state index is 12.7. The number of fused-ring (bicyclic) bond motifs is 1. The van der Waals surface area contributed by atoms with Gasteiger partial charge < -0.3 is 19.5 Å². The van der Waals surface area contributed by atoms with Crippen LogP contribution in [0.25, 0.3) is 0 Å². The molecule has 1 spiro atoms. The first-order chi connectivity index (χ1) is 12.1.